The molecule has 0 aliphatic carbocycles. The Bertz CT molecular complexity index is 577. The lowest BCUT2D eigenvalue weighted by Gasteiger charge is -2.33. The smallest absolute Gasteiger partial charge is 0.237 e. The van der Waals surface area contributed by atoms with E-state index < -0.39 is 0 Å². The van der Waals surface area contributed by atoms with E-state index in [4.69, 9.17) is 0 Å². The standard InChI is InChI=1S/C18H25BrFN3O/c19-16-9-15(20)6-5-14(16)12-23-8-2-3-13(11-23)10-22-18(24)17-4-1-7-21-17/h5-6,9,13,17,21H,1-4,7-8,10-12H2,(H,22,24). The Kier molecular flexibility index (Phi) is 6.25. The minimum atomic E-state index is -0.217. The number of nitrogens with zero attached hydrogens (tertiary/aromatic N) is 1. The van der Waals surface area contributed by atoms with Crippen LogP contribution in [-0.2, 0) is 11.3 Å². The van der Waals surface area contributed by atoms with Crippen LogP contribution in [0.5, 0.6) is 0 Å². The molecule has 2 unspecified atom stereocenters. The van der Waals surface area contributed by atoms with Crippen molar-refractivity contribution in [2.75, 3.05) is 26.2 Å². The van der Waals surface area contributed by atoms with Gasteiger partial charge >= 0.3 is 0 Å². The first kappa shape index (κ1) is 17.8. The highest BCUT2D eigenvalue weighted by molar-refractivity contribution is 9.10. The average Bonchev–Trinajstić information content (AvgIpc) is 3.10. The van der Waals surface area contributed by atoms with Crippen molar-refractivity contribution >= 4 is 21.8 Å². The van der Waals surface area contributed by atoms with Gasteiger partial charge in [-0.25, -0.2) is 4.39 Å². The molecule has 1 aromatic rings. The van der Waals surface area contributed by atoms with Gasteiger partial charge in [0.05, 0.1) is 6.04 Å². The summed E-state index contributed by atoms with van der Waals surface area (Å²) < 4.78 is 14.0. The molecule has 0 spiro atoms. The fourth-order valence-corrected chi connectivity index (χ4v) is 4.11. The van der Waals surface area contributed by atoms with Gasteiger partial charge in [0.1, 0.15) is 5.82 Å². The molecule has 1 aromatic carbocycles. The molecule has 0 bridgehead atoms. The van der Waals surface area contributed by atoms with Crippen LogP contribution in [0, 0.1) is 11.7 Å². The van der Waals surface area contributed by atoms with Crippen molar-refractivity contribution in [1.82, 2.24) is 15.5 Å². The Labute approximate surface area is 151 Å². The van der Waals surface area contributed by atoms with Crippen molar-refractivity contribution < 1.29 is 9.18 Å². The molecule has 4 nitrogen and oxygen atoms in total. The molecule has 0 radical (unpaired) electrons. The summed E-state index contributed by atoms with van der Waals surface area (Å²) in [5.74, 6) is 0.416. The number of nitrogens with one attached hydrogen (secondary N) is 2. The van der Waals surface area contributed by atoms with Crippen LogP contribution >= 0.6 is 15.9 Å². The number of hydrogen-bond acceptors (Lipinski definition) is 3. The van der Waals surface area contributed by atoms with E-state index in [1.807, 2.05) is 6.07 Å². The molecule has 24 heavy (non-hydrogen) atoms. The second-order valence-electron chi connectivity index (χ2n) is 6.87. The Balaban J connectivity index is 1.48. The molecule has 2 fully saturated rings. The van der Waals surface area contributed by atoms with E-state index >= 15 is 0 Å². The van der Waals surface area contributed by atoms with Gasteiger partial charge in [0.15, 0.2) is 0 Å². The number of likely N-dealkylation sites (tertiary alicyclic amines) is 1. The summed E-state index contributed by atoms with van der Waals surface area (Å²) in [6, 6.07) is 4.87. The molecule has 2 aliphatic rings. The molecular formula is C18H25BrFN3O. The summed E-state index contributed by atoms with van der Waals surface area (Å²) in [6.07, 6.45) is 4.32. The topological polar surface area (TPSA) is 44.4 Å². The van der Waals surface area contributed by atoms with Gasteiger partial charge in [-0.2, -0.15) is 0 Å². The van der Waals surface area contributed by atoms with E-state index in [0.717, 1.165) is 68.4 Å². The van der Waals surface area contributed by atoms with Crippen LogP contribution in [0.4, 0.5) is 4.39 Å². The van der Waals surface area contributed by atoms with Crippen LogP contribution in [0.1, 0.15) is 31.2 Å². The van der Waals surface area contributed by atoms with Crippen molar-refractivity contribution in [3.8, 4) is 0 Å². The first-order valence-electron chi connectivity index (χ1n) is 8.79. The average molecular weight is 398 g/mol. The van der Waals surface area contributed by atoms with Crippen LogP contribution in [-0.4, -0.2) is 43.0 Å². The fourth-order valence-electron chi connectivity index (χ4n) is 3.63. The highest BCUT2D eigenvalue weighted by atomic mass is 79.9. The Morgan fingerprint density at radius 1 is 1.38 bits per heavy atom. The normalized spacial score (nSPS) is 24.9. The van der Waals surface area contributed by atoms with Crippen LogP contribution in [0.2, 0.25) is 0 Å². The number of amides is 1. The second-order valence-corrected chi connectivity index (χ2v) is 7.73. The zero-order valence-corrected chi connectivity index (χ0v) is 15.4. The monoisotopic (exact) mass is 397 g/mol. The van der Waals surface area contributed by atoms with Gasteiger partial charge < -0.3 is 10.6 Å². The summed E-state index contributed by atoms with van der Waals surface area (Å²) in [5, 5.41) is 6.35. The number of carbonyl (C=O) groups excluding carboxylic acids is 1. The summed E-state index contributed by atoms with van der Waals surface area (Å²) >= 11 is 3.45. The van der Waals surface area contributed by atoms with Crippen LogP contribution in [0.3, 0.4) is 0 Å². The Morgan fingerprint density at radius 2 is 2.25 bits per heavy atom. The van der Waals surface area contributed by atoms with Gasteiger partial charge in [-0.1, -0.05) is 22.0 Å². The number of carbonyl (C=O) groups is 1. The molecule has 0 saturated carbocycles. The molecule has 3 rings (SSSR count). The molecule has 132 valence electrons. The fraction of sp³-hybridized carbons (Fsp3) is 0.611. The maximum absolute atomic E-state index is 13.2. The first-order valence-corrected chi connectivity index (χ1v) is 9.58. The highest BCUT2D eigenvalue weighted by Crippen LogP contribution is 2.23. The van der Waals surface area contributed by atoms with Gasteiger partial charge in [-0.05, 0) is 62.4 Å². The maximum atomic E-state index is 13.2. The largest absolute Gasteiger partial charge is 0.354 e. The number of benzene rings is 1. The Hall–Kier alpha value is -0.980. The maximum Gasteiger partial charge on any atom is 0.237 e. The van der Waals surface area contributed by atoms with E-state index in [0.29, 0.717) is 5.92 Å². The van der Waals surface area contributed by atoms with E-state index in [-0.39, 0.29) is 17.8 Å². The van der Waals surface area contributed by atoms with E-state index in [9.17, 15) is 9.18 Å². The molecule has 2 atom stereocenters. The van der Waals surface area contributed by atoms with Crippen molar-refractivity contribution in [1.29, 1.82) is 0 Å². The van der Waals surface area contributed by atoms with Crippen molar-refractivity contribution in [2.45, 2.75) is 38.3 Å². The van der Waals surface area contributed by atoms with Gasteiger partial charge in [0.25, 0.3) is 0 Å². The third-order valence-electron chi connectivity index (χ3n) is 4.95. The molecule has 2 saturated heterocycles. The molecule has 2 heterocycles. The third-order valence-corrected chi connectivity index (χ3v) is 5.69. The summed E-state index contributed by atoms with van der Waals surface area (Å²) in [4.78, 5) is 14.5. The number of halogens is 2. The minimum Gasteiger partial charge on any atom is -0.354 e. The predicted octanol–water partition coefficient (Wildman–Crippen LogP) is 2.67. The highest BCUT2D eigenvalue weighted by Gasteiger charge is 2.24. The predicted molar refractivity (Wildman–Crippen MR) is 96.1 cm³/mol. The summed E-state index contributed by atoms with van der Waals surface area (Å²) in [6.45, 7) is 4.54. The number of hydrogen-bond donors (Lipinski definition) is 2. The van der Waals surface area contributed by atoms with Gasteiger partial charge in [0, 0.05) is 24.1 Å². The molecule has 0 aromatic heterocycles. The number of rotatable bonds is 5. The van der Waals surface area contributed by atoms with Crippen molar-refractivity contribution in [3.05, 3.63) is 34.1 Å². The van der Waals surface area contributed by atoms with E-state index in [1.54, 1.807) is 0 Å². The number of piperidine rings is 1. The summed E-state index contributed by atoms with van der Waals surface area (Å²) in [7, 11) is 0. The van der Waals surface area contributed by atoms with E-state index in [2.05, 4.69) is 31.5 Å². The molecule has 2 N–H and O–H groups in total. The van der Waals surface area contributed by atoms with Gasteiger partial charge in [0.2, 0.25) is 5.91 Å². The van der Waals surface area contributed by atoms with Gasteiger partial charge in [-0.15, -0.1) is 0 Å². The molecule has 2 aliphatic heterocycles. The lowest BCUT2D eigenvalue weighted by Crippen LogP contribution is -2.45. The first-order chi connectivity index (χ1) is 11.6. The van der Waals surface area contributed by atoms with E-state index in [1.165, 1.54) is 12.1 Å². The zero-order chi connectivity index (χ0) is 16.9. The minimum absolute atomic E-state index is 0.000126. The lowest BCUT2D eigenvalue weighted by molar-refractivity contribution is -0.123. The SMILES string of the molecule is O=C(NCC1CCCN(Cc2ccc(F)cc2Br)C1)C1CCCN1. The zero-order valence-electron chi connectivity index (χ0n) is 13.9. The lowest BCUT2D eigenvalue weighted by atomic mass is 9.97. The molecular weight excluding hydrogens is 373 g/mol. The second kappa shape index (κ2) is 8.41. The third kappa shape index (κ3) is 4.77. The summed E-state index contributed by atoms with van der Waals surface area (Å²) in [5.41, 5.74) is 1.11. The van der Waals surface area contributed by atoms with Gasteiger partial charge in [-0.3, -0.25) is 9.69 Å². The van der Waals surface area contributed by atoms with Crippen LogP contribution in [0.15, 0.2) is 22.7 Å². The quantitative estimate of drug-likeness (QED) is 0.802. The molecule has 1 amide bonds. The van der Waals surface area contributed by atoms with Crippen LogP contribution < -0.4 is 10.6 Å². The molecule has 6 heteroatoms. The van der Waals surface area contributed by atoms with Crippen molar-refractivity contribution in [3.63, 3.8) is 0 Å². The Morgan fingerprint density at radius 3 is 3.00 bits per heavy atom. The van der Waals surface area contributed by atoms with Crippen molar-refractivity contribution in [2.24, 2.45) is 5.92 Å². The van der Waals surface area contributed by atoms with Crippen LogP contribution in [0.25, 0.3) is 0 Å².